The lowest BCUT2D eigenvalue weighted by atomic mass is 10.00. The minimum absolute atomic E-state index is 0.0271. The fourth-order valence-electron chi connectivity index (χ4n) is 1.44. The van der Waals surface area contributed by atoms with Gasteiger partial charge in [-0.1, -0.05) is 18.2 Å². The van der Waals surface area contributed by atoms with Crippen LogP contribution in [-0.4, -0.2) is 21.6 Å². The molecule has 0 fully saturated rings. The normalized spacial score (nSPS) is 11.6. The fraction of sp³-hybridized carbons (Fsp3) is 0.333. The number of aliphatic hydroxyl groups is 3. The molecule has 0 bridgehead atoms. The van der Waals surface area contributed by atoms with E-state index in [0.29, 0.717) is 0 Å². The van der Waals surface area contributed by atoms with Crippen LogP contribution in [0.25, 0.3) is 6.08 Å². The third kappa shape index (κ3) is 3.16. The highest BCUT2D eigenvalue weighted by atomic mass is 16.5. The molecule has 1 aromatic carbocycles. The number of aliphatic hydroxyl groups excluding tert-OH is 2. The average molecular weight is 208 g/mol. The van der Waals surface area contributed by atoms with E-state index in [1.807, 2.05) is 26.0 Å². The van der Waals surface area contributed by atoms with E-state index in [2.05, 4.69) is 0 Å². The smallest absolute Gasteiger partial charge is 0.171 e. The first kappa shape index (κ1) is 11.9. The van der Waals surface area contributed by atoms with Crippen molar-refractivity contribution in [3.63, 3.8) is 0 Å². The van der Waals surface area contributed by atoms with Crippen LogP contribution in [0.3, 0.4) is 0 Å². The highest BCUT2D eigenvalue weighted by molar-refractivity contribution is 5.56. The van der Waals surface area contributed by atoms with Crippen LogP contribution in [0.1, 0.15) is 22.3 Å². The van der Waals surface area contributed by atoms with Gasteiger partial charge in [0.05, 0.1) is 6.61 Å². The zero-order chi connectivity index (χ0) is 11.4. The zero-order valence-electron chi connectivity index (χ0n) is 8.94. The Bertz CT molecular complexity index is 367. The summed E-state index contributed by atoms with van der Waals surface area (Å²) in [5.41, 5.74) is 3.82. The second kappa shape index (κ2) is 5.07. The average Bonchev–Trinajstić information content (AvgIpc) is 2.18. The second-order valence-corrected chi connectivity index (χ2v) is 3.57. The second-order valence-electron chi connectivity index (χ2n) is 3.57. The first-order valence-electron chi connectivity index (χ1n) is 4.80. The molecule has 0 aliphatic heterocycles. The molecule has 0 aliphatic carbocycles. The van der Waals surface area contributed by atoms with Gasteiger partial charge in [0.1, 0.15) is 0 Å². The van der Waals surface area contributed by atoms with Gasteiger partial charge in [0.15, 0.2) is 6.29 Å². The maximum Gasteiger partial charge on any atom is 0.171 e. The van der Waals surface area contributed by atoms with Crippen molar-refractivity contribution in [1.82, 2.24) is 0 Å². The Morgan fingerprint density at radius 1 is 1.20 bits per heavy atom. The summed E-state index contributed by atoms with van der Waals surface area (Å²) in [6.07, 6.45) is 1.54. The lowest BCUT2D eigenvalue weighted by Crippen LogP contribution is -1.98. The van der Waals surface area contributed by atoms with Gasteiger partial charge in [-0.15, -0.1) is 0 Å². The lowest BCUT2D eigenvalue weighted by molar-refractivity contribution is 0.00304. The Balaban J connectivity index is 3.05. The van der Waals surface area contributed by atoms with Gasteiger partial charge in [-0.3, -0.25) is 0 Å². The molecular formula is C12H16O3. The van der Waals surface area contributed by atoms with E-state index in [1.54, 1.807) is 6.08 Å². The quantitative estimate of drug-likeness (QED) is 0.652. The van der Waals surface area contributed by atoms with Crippen molar-refractivity contribution in [3.05, 3.63) is 40.5 Å². The topological polar surface area (TPSA) is 60.7 Å². The molecule has 0 radical (unpaired) electrons. The van der Waals surface area contributed by atoms with E-state index in [1.165, 1.54) is 6.08 Å². The van der Waals surface area contributed by atoms with E-state index in [4.69, 9.17) is 15.3 Å². The molecule has 0 heterocycles. The van der Waals surface area contributed by atoms with Crippen LogP contribution in [0.2, 0.25) is 0 Å². The Morgan fingerprint density at radius 2 is 1.87 bits per heavy atom. The molecule has 3 nitrogen and oxygen atoms in total. The van der Waals surface area contributed by atoms with Crippen molar-refractivity contribution in [1.29, 1.82) is 0 Å². The maximum absolute atomic E-state index is 9.05. The summed E-state index contributed by atoms with van der Waals surface area (Å²) >= 11 is 0. The van der Waals surface area contributed by atoms with Gasteiger partial charge in [0, 0.05) is 0 Å². The van der Waals surface area contributed by atoms with Gasteiger partial charge in [-0.05, 0) is 42.2 Å². The summed E-state index contributed by atoms with van der Waals surface area (Å²) in [5.74, 6) is 0. The number of benzene rings is 1. The number of aryl methyl sites for hydroxylation is 2. The van der Waals surface area contributed by atoms with Crippen LogP contribution >= 0.6 is 0 Å². The Hall–Kier alpha value is -1.16. The lowest BCUT2D eigenvalue weighted by Gasteiger charge is -2.07. The van der Waals surface area contributed by atoms with Crippen LogP contribution in [-0.2, 0) is 6.61 Å². The third-order valence-electron chi connectivity index (χ3n) is 2.34. The van der Waals surface area contributed by atoms with Gasteiger partial charge >= 0.3 is 0 Å². The monoisotopic (exact) mass is 208 g/mol. The van der Waals surface area contributed by atoms with Gasteiger partial charge in [0.2, 0.25) is 0 Å². The predicted octanol–water partition coefficient (Wildman–Crippen LogP) is 1.12. The van der Waals surface area contributed by atoms with Crippen LogP contribution < -0.4 is 0 Å². The van der Waals surface area contributed by atoms with Crippen molar-refractivity contribution >= 4 is 6.08 Å². The number of rotatable bonds is 3. The highest BCUT2D eigenvalue weighted by Gasteiger charge is 2.01. The maximum atomic E-state index is 9.05. The molecule has 0 unspecified atom stereocenters. The van der Waals surface area contributed by atoms with E-state index in [-0.39, 0.29) is 6.61 Å². The Kier molecular flexibility index (Phi) is 4.03. The summed E-state index contributed by atoms with van der Waals surface area (Å²) in [7, 11) is 0. The largest absolute Gasteiger partial charge is 0.392 e. The molecule has 3 heteroatoms. The fourth-order valence-corrected chi connectivity index (χ4v) is 1.44. The molecule has 82 valence electrons. The first-order chi connectivity index (χ1) is 7.04. The molecule has 0 saturated carbocycles. The van der Waals surface area contributed by atoms with Gasteiger partial charge in [-0.2, -0.15) is 0 Å². The van der Waals surface area contributed by atoms with Crippen molar-refractivity contribution < 1.29 is 15.3 Å². The van der Waals surface area contributed by atoms with E-state index >= 15 is 0 Å². The van der Waals surface area contributed by atoms with E-state index < -0.39 is 6.29 Å². The summed E-state index contributed by atoms with van der Waals surface area (Å²) < 4.78 is 0. The van der Waals surface area contributed by atoms with Crippen LogP contribution in [0.4, 0.5) is 0 Å². The molecule has 0 amide bonds. The standard InChI is InChI=1S/C12H16O3/c1-8-6-11(7-13)9(2)5-10(8)3-4-12(14)15/h3-6,12-15H,7H2,1-2H3/b4-3+. The van der Waals surface area contributed by atoms with Crippen molar-refractivity contribution in [2.75, 3.05) is 0 Å². The molecule has 0 aromatic heterocycles. The minimum atomic E-state index is -1.43. The molecule has 0 saturated heterocycles. The minimum Gasteiger partial charge on any atom is -0.392 e. The van der Waals surface area contributed by atoms with Crippen LogP contribution in [0.5, 0.6) is 0 Å². The first-order valence-corrected chi connectivity index (χ1v) is 4.80. The van der Waals surface area contributed by atoms with Gasteiger partial charge in [-0.25, -0.2) is 0 Å². The molecule has 0 atom stereocenters. The summed E-state index contributed by atoms with van der Waals surface area (Å²) in [5, 5.41) is 26.5. The Morgan fingerprint density at radius 3 is 2.40 bits per heavy atom. The highest BCUT2D eigenvalue weighted by Crippen LogP contribution is 2.17. The zero-order valence-corrected chi connectivity index (χ0v) is 8.94. The molecule has 1 aromatic rings. The van der Waals surface area contributed by atoms with Crippen LogP contribution in [0.15, 0.2) is 18.2 Å². The number of hydrogen-bond acceptors (Lipinski definition) is 3. The molecule has 15 heavy (non-hydrogen) atoms. The van der Waals surface area contributed by atoms with E-state index in [0.717, 1.165) is 22.3 Å². The van der Waals surface area contributed by atoms with Crippen molar-refractivity contribution in [2.24, 2.45) is 0 Å². The molecule has 1 rings (SSSR count). The molecule has 0 aliphatic rings. The predicted molar refractivity (Wildman–Crippen MR) is 59.1 cm³/mol. The Labute approximate surface area is 89.3 Å². The number of hydrogen-bond donors (Lipinski definition) is 3. The molecule has 0 spiro atoms. The van der Waals surface area contributed by atoms with Gasteiger partial charge < -0.3 is 15.3 Å². The SMILES string of the molecule is Cc1cc(CO)c(C)cc1/C=C/C(O)O. The summed E-state index contributed by atoms with van der Waals surface area (Å²) in [4.78, 5) is 0. The summed E-state index contributed by atoms with van der Waals surface area (Å²) in [6.45, 7) is 3.86. The summed E-state index contributed by atoms with van der Waals surface area (Å²) in [6, 6.07) is 3.82. The molecule has 3 N–H and O–H groups in total. The van der Waals surface area contributed by atoms with Crippen molar-refractivity contribution in [3.8, 4) is 0 Å². The van der Waals surface area contributed by atoms with E-state index in [9.17, 15) is 0 Å². The third-order valence-corrected chi connectivity index (χ3v) is 2.34. The van der Waals surface area contributed by atoms with Crippen LogP contribution in [0, 0.1) is 13.8 Å². The molecular weight excluding hydrogens is 192 g/mol. The van der Waals surface area contributed by atoms with Crippen molar-refractivity contribution in [2.45, 2.75) is 26.7 Å². The van der Waals surface area contributed by atoms with Gasteiger partial charge in [0.25, 0.3) is 0 Å².